The van der Waals surface area contributed by atoms with E-state index in [1.165, 1.54) is 25.5 Å². The SMILES string of the molecule is O=C(c1coc(COc2ccc3ncccc3c2)n1)N1CCN2CCCC[C@@H]2C1. The molecule has 3 aromatic rings. The van der Waals surface area contributed by atoms with Crippen LogP contribution in [0, 0.1) is 0 Å². The van der Waals surface area contributed by atoms with E-state index in [1.54, 1.807) is 6.20 Å². The van der Waals surface area contributed by atoms with Crippen LogP contribution in [0.2, 0.25) is 0 Å². The van der Waals surface area contributed by atoms with Gasteiger partial charge in [0.15, 0.2) is 12.3 Å². The molecule has 7 nitrogen and oxygen atoms in total. The summed E-state index contributed by atoms with van der Waals surface area (Å²) < 4.78 is 11.3. The Morgan fingerprint density at radius 2 is 2.17 bits per heavy atom. The number of benzene rings is 1. The summed E-state index contributed by atoms with van der Waals surface area (Å²) in [6.07, 6.45) is 6.90. The lowest BCUT2D eigenvalue weighted by atomic mass is 9.99. The minimum atomic E-state index is -0.0537. The number of hydrogen-bond donors (Lipinski definition) is 0. The van der Waals surface area contributed by atoms with E-state index in [0.29, 0.717) is 23.4 Å². The molecule has 1 aromatic carbocycles. The fraction of sp³-hybridized carbons (Fsp3) is 0.409. The average molecular weight is 392 g/mol. The summed E-state index contributed by atoms with van der Waals surface area (Å²) in [5.41, 5.74) is 1.28. The lowest BCUT2D eigenvalue weighted by Gasteiger charge is -2.43. The molecule has 0 radical (unpaired) electrons. The van der Waals surface area contributed by atoms with Crippen molar-refractivity contribution in [1.82, 2.24) is 19.8 Å². The quantitative estimate of drug-likeness (QED) is 0.679. The number of hydrogen-bond acceptors (Lipinski definition) is 6. The molecule has 2 aromatic heterocycles. The Balaban J connectivity index is 1.21. The van der Waals surface area contributed by atoms with Gasteiger partial charge in [-0.1, -0.05) is 12.5 Å². The van der Waals surface area contributed by atoms with E-state index in [0.717, 1.165) is 37.1 Å². The highest BCUT2D eigenvalue weighted by molar-refractivity contribution is 5.92. The molecule has 0 spiro atoms. The van der Waals surface area contributed by atoms with Crippen molar-refractivity contribution in [2.24, 2.45) is 0 Å². The Morgan fingerprint density at radius 1 is 1.21 bits per heavy atom. The normalized spacial score (nSPS) is 19.9. The van der Waals surface area contributed by atoms with E-state index in [-0.39, 0.29) is 12.5 Å². The van der Waals surface area contributed by atoms with Gasteiger partial charge in [-0.25, -0.2) is 4.98 Å². The summed E-state index contributed by atoms with van der Waals surface area (Å²) in [7, 11) is 0. The standard InChI is InChI=1S/C22H24N4O3/c27-22(26-11-10-25-9-2-1-5-17(25)13-26)20-14-29-21(24-20)15-28-18-6-7-19-16(12-18)4-3-8-23-19/h3-4,6-8,12,14,17H,1-2,5,9-11,13,15H2/t17-/m1/s1. The number of nitrogens with zero attached hydrogens (tertiary/aromatic N) is 4. The number of oxazole rings is 1. The molecule has 2 saturated heterocycles. The molecule has 0 aliphatic carbocycles. The van der Waals surface area contributed by atoms with Crippen LogP contribution in [0.5, 0.6) is 5.75 Å². The lowest BCUT2D eigenvalue weighted by Crippen LogP contribution is -2.56. The lowest BCUT2D eigenvalue weighted by molar-refractivity contribution is 0.0368. The maximum atomic E-state index is 12.8. The summed E-state index contributed by atoms with van der Waals surface area (Å²) in [6.45, 7) is 3.81. The predicted molar refractivity (Wildman–Crippen MR) is 108 cm³/mol. The van der Waals surface area contributed by atoms with Crippen molar-refractivity contribution in [2.45, 2.75) is 31.9 Å². The number of carbonyl (C=O) groups excluding carboxylic acids is 1. The van der Waals surface area contributed by atoms with Gasteiger partial charge in [0.1, 0.15) is 12.0 Å². The molecule has 5 rings (SSSR count). The van der Waals surface area contributed by atoms with E-state index >= 15 is 0 Å². The van der Waals surface area contributed by atoms with Gasteiger partial charge < -0.3 is 14.1 Å². The Labute approximate surface area is 169 Å². The van der Waals surface area contributed by atoms with Crippen LogP contribution < -0.4 is 4.74 Å². The number of piperidine rings is 1. The zero-order chi connectivity index (χ0) is 19.6. The molecular weight excluding hydrogens is 368 g/mol. The number of pyridine rings is 1. The van der Waals surface area contributed by atoms with E-state index in [4.69, 9.17) is 9.15 Å². The molecule has 29 heavy (non-hydrogen) atoms. The number of carbonyl (C=O) groups is 1. The zero-order valence-corrected chi connectivity index (χ0v) is 16.3. The van der Waals surface area contributed by atoms with Crippen molar-refractivity contribution in [3.63, 3.8) is 0 Å². The molecule has 0 bridgehead atoms. The smallest absolute Gasteiger partial charge is 0.275 e. The Kier molecular flexibility index (Phi) is 4.89. The third kappa shape index (κ3) is 3.82. The number of fused-ring (bicyclic) bond motifs is 2. The van der Waals surface area contributed by atoms with Crippen LogP contribution >= 0.6 is 0 Å². The van der Waals surface area contributed by atoms with Crippen molar-refractivity contribution in [1.29, 1.82) is 0 Å². The Morgan fingerprint density at radius 3 is 3.14 bits per heavy atom. The fourth-order valence-electron chi connectivity index (χ4n) is 4.27. The second-order valence-electron chi connectivity index (χ2n) is 7.71. The zero-order valence-electron chi connectivity index (χ0n) is 16.3. The number of amides is 1. The maximum Gasteiger partial charge on any atom is 0.275 e. The molecule has 1 atom stereocenters. The topological polar surface area (TPSA) is 71.7 Å². The molecule has 0 unspecified atom stereocenters. The highest BCUT2D eigenvalue weighted by Gasteiger charge is 2.32. The van der Waals surface area contributed by atoms with Crippen molar-refractivity contribution < 1.29 is 13.9 Å². The first kappa shape index (κ1) is 18.1. The first-order chi connectivity index (χ1) is 14.3. The summed E-state index contributed by atoms with van der Waals surface area (Å²) in [4.78, 5) is 25.9. The fourth-order valence-corrected chi connectivity index (χ4v) is 4.27. The monoisotopic (exact) mass is 392 g/mol. The summed E-state index contributed by atoms with van der Waals surface area (Å²) >= 11 is 0. The summed E-state index contributed by atoms with van der Waals surface area (Å²) in [5.74, 6) is 1.06. The van der Waals surface area contributed by atoms with Crippen molar-refractivity contribution in [3.8, 4) is 5.75 Å². The molecular formula is C22H24N4O3. The van der Waals surface area contributed by atoms with Gasteiger partial charge >= 0.3 is 0 Å². The Bertz CT molecular complexity index is 1020. The number of rotatable bonds is 4. The van der Waals surface area contributed by atoms with E-state index in [9.17, 15) is 4.79 Å². The van der Waals surface area contributed by atoms with Gasteiger partial charge in [0.2, 0.25) is 5.89 Å². The van der Waals surface area contributed by atoms with Crippen LogP contribution in [-0.4, -0.2) is 57.9 Å². The van der Waals surface area contributed by atoms with Crippen LogP contribution in [0.25, 0.3) is 10.9 Å². The molecule has 2 fully saturated rings. The van der Waals surface area contributed by atoms with Gasteiger partial charge in [0.05, 0.1) is 5.52 Å². The predicted octanol–water partition coefficient (Wildman–Crippen LogP) is 3.11. The number of piperazine rings is 1. The minimum absolute atomic E-state index is 0.0537. The van der Waals surface area contributed by atoms with Crippen molar-refractivity contribution in [2.75, 3.05) is 26.2 Å². The molecule has 4 heterocycles. The van der Waals surface area contributed by atoms with Gasteiger partial charge in [-0.3, -0.25) is 14.7 Å². The molecule has 2 aliphatic heterocycles. The van der Waals surface area contributed by atoms with E-state index < -0.39 is 0 Å². The van der Waals surface area contributed by atoms with Crippen LogP contribution in [0.15, 0.2) is 47.2 Å². The van der Waals surface area contributed by atoms with Crippen molar-refractivity contribution >= 4 is 16.8 Å². The molecule has 0 N–H and O–H groups in total. The van der Waals surface area contributed by atoms with E-state index in [1.807, 2.05) is 35.2 Å². The van der Waals surface area contributed by atoms with Crippen molar-refractivity contribution in [3.05, 3.63) is 54.4 Å². The van der Waals surface area contributed by atoms with Gasteiger partial charge in [-0.2, -0.15) is 0 Å². The molecule has 1 amide bonds. The largest absolute Gasteiger partial charge is 0.484 e. The highest BCUT2D eigenvalue weighted by Crippen LogP contribution is 2.23. The van der Waals surface area contributed by atoms with Gasteiger partial charge in [-0.05, 0) is 43.7 Å². The minimum Gasteiger partial charge on any atom is -0.484 e. The second-order valence-corrected chi connectivity index (χ2v) is 7.71. The summed E-state index contributed by atoms with van der Waals surface area (Å²) in [6, 6.07) is 10.1. The first-order valence-corrected chi connectivity index (χ1v) is 10.2. The van der Waals surface area contributed by atoms with Crippen LogP contribution in [0.1, 0.15) is 35.6 Å². The average Bonchev–Trinajstić information content (AvgIpc) is 3.26. The molecule has 7 heteroatoms. The number of ether oxygens (including phenoxy) is 1. The Hall–Kier alpha value is -2.93. The molecule has 0 saturated carbocycles. The van der Waals surface area contributed by atoms with Gasteiger partial charge in [0, 0.05) is 37.3 Å². The van der Waals surface area contributed by atoms with Crippen LogP contribution in [0.3, 0.4) is 0 Å². The third-order valence-corrected chi connectivity index (χ3v) is 5.83. The molecule has 2 aliphatic rings. The highest BCUT2D eigenvalue weighted by atomic mass is 16.5. The van der Waals surface area contributed by atoms with Gasteiger partial charge in [0.25, 0.3) is 5.91 Å². The number of aromatic nitrogens is 2. The summed E-state index contributed by atoms with van der Waals surface area (Å²) in [5, 5.41) is 1.01. The van der Waals surface area contributed by atoms with Crippen LogP contribution in [0.4, 0.5) is 0 Å². The molecule has 150 valence electrons. The first-order valence-electron chi connectivity index (χ1n) is 10.2. The van der Waals surface area contributed by atoms with Crippen LogP contribution in [-0.2, 0) is 6.61 Å². The third-order valence-electron chi connectivity index (χ3n) is 5.83. The maximum absolute atomic E-state index is 12.8. The van der Waals surface area contributed by atoms with Gasteiger partial charge in [-0.15, -0.1) is 0 Å². The second kappa shape index (κ2) is 7.83. The van der Waals surface area contributed by atoms with E-state index in [2.05, 4.69) is 14.9 Å².